The summed E-state index contributed by atoms with van der Waals surface area (Å²) < 4.78 is 5.26. The number of epoxide rings is 1. The zero-order chi connectivity index (χ0) is 5.56. The molecule has 1 saturated carbocycles. The molecule has 46 valence electrons. The Balaban J connectivity index is 1.99. The van der Waals surface area contributed by atoms with Crippen LogP contribution in [0.25, 0.3) is 0 Å². The van der Waals surface area contributed by atoms with Gasteiger partial charge in [-0.05, 0) is 19.3 Å². The highest BCUT2D eigenvalue weighted by atomic mass is 35.5. The van der Waals surface area contributed by atoms with Crippen LogP contribution >= 0.6 is 11.6 Å². The van der Waals surface area contributed by atoms with Crippen LogP contribution in [0, 0.1) is 0 Å². The van der Waals surface area contributed by atoms with Crippen molar-refractivity contribution < 1.29 is 4.74 Å². The Morgan fingerprint density at radius 2 is 2.25 bits per heavy atom. The number of hydrogen-bond acceptors (Lipinski definition) is 1. The summed E-state index contributed by atoms with van der Waals surface area (Å²) in [7, 11) is 0. The normalized spacial score (nSPS) is 52.9. The lowest BCUT2D eigenvalue weighted by Gasteiger charge is -2.08. The topological polar surface area (TPSA) is 12.5 Å². The highest BCUT2D eigenvalue weighted by Gasteiger charge is 2.46. The van der Waals surface area contributed by atoms with Crippen LogP contribution in [0.1, 0.15) is 19.3 Å². The smallest absolute Gasteiger partial charge is 0.100 e. The molecule has 2 heteroatoms. The molecular weight excluding hydrogens is 124 g/mol. The molecule has 1 aliphatic carbocycles. The van der Waals surface area contributed by atoms with E-state index in [2.05, 4.69) is 0 Å². The number of rotatable bonds is 0. The summed E-state index contributed by atoms with van der Waals surface area (Å²) in [6, 6.07) is 0. The largest absolute Gasteiger partial charge is 0.368 e. The lowest BCUT2D eigenvalue weighted by Crippen LogP contribution is -2.15. The number of hydrogen-bond donors (Lipinski definition) is 0. The minimum Gasteiger partial charge on any atom is -0.368 e. The quantitative estimate of drug-likeness (QED) is 0.360. The summed E-state index contributed by atoms with van der Waals surface area (Å²) in [4.78, 5) is 0. The van der Waals surface area contributed by atoms with Gasteiger partial charge in [0.25, 0.3) is 0 Å². The number of fused-ring (bicyclic) bond motifs is 1. The minimum atomic E-state index is 0.328. The van der Waals surface area contributed by atoms with E-state index in [1.54, 1.807) is 0 Å². The van der Waals surface area contributed by atoms with Gasteiger partial charge in [-0.3, -0.25) is 0 Å². The van der Waals surface area contributed by atoms with E-state index in [1.807, 2.05) is 0 Å². The molecule has 0 aromatic rings. The van der Waals surface area contributed by atoms with Crippen molar-refractivity contribution in [1.29, 1.82) is 0 Å². The van der Waals surface area contributed by atoms with Crippen molar-refractivity contribution in [3.63, 3.8) is 0 Å². The average Bonchev–Trinajstić information content (AvgIpc) is 2.45. The summed E-state index contributed by atoms with van der Waals surface area (Å²) in [5.41, 5.74) is 0. The van der Waals surface area contributed by atoms with Crippen LogP contribution in [0.15, 0.2) is 0 Å². The maximum absolute atomic E-state index is 5.88. The molecule has 3 atom stereocenters. The first kappa shape index (κ1) is 5.07. The number of alkyl halides is 1. The first-order valence-corrected chi connectivity index (χ1v) is 3.61. The molecule has 0 N–H and O–H groups in total. The fourth-order valence-electron chi connectivity index (χ4n) is 1.39. The van der Waals surface area contributed by atoms with Crippen LogP contribution < -0.4 is 0 Å². The summed E-state index contributed by atoms with van der Waals surface area (Å²) in [5, 5.41) is 0.328. The first-order valence-electron chi connectivity index (χ1n) is 3.17. The first-order chi connectivity index (χ1) is 3.88. The molecule has 1 heterocycles. The lowest BCUT2D eigenvalue weighted by molar-refractivity contribution is 0.374. The van der Waals surface area contributed by atoms with Crippen LogP contribution in [0.4, 0.5) is 0 Å². The fraction of sp³-hybridized carbons (Fsp3) is 1.00. The van der Waals surface area contributed by atoms with Gasteiger partial charge in [-0.1, -0.05) is 0 Å². The average molecular weight is 133 g/mol. The van der Waals surface area contributed by atoms with Gasteiger partial charge in [0.1, 0.15) is 6.10 Å². The third kappa shape index (κ3) is 0.652. The van der Waals surface area contributed by atoms with Gasteiger partial charge in [-0.15, -0.1) is 11.6 Å². The predicted octanol–water partition coefficient (Wildman–Crippen LogP) is 1.55. The molecule has 0 bridgehead atoms. The van der Waals surface area contributed by atoms with E-state index in [-0.39, 0.29) is 0 Å². The van der Waals surface area contributed by atoms with Crippen molar-refractivity contribution in [2.45, 2.75) is 36.8 Å². The molecule has 2 rings (SSSR count). The summed E-state index contributed by atoms with van der Waals surface area (Å²) in [6.45, 7) is 0. The van der Waals surface area contributed by atoms with Crippen molar-refractivity contribution in [2.75, 3.05) is 0 Å². The Morgan fingerprint density at radius 1 is 1.38 bits per heavy atom. The van der Waals surface area contributed by atoms with Crippen molar-refractivity contribution in [3.8, 4) is 0 Å². The van der Waals surface area contributed by atoms with Crippen LogP contribution in [0.3, 0.4) is 0 Å². The van der Waals surface area contributed by atoms with E-state index in [0.29, 0.717) is 17.6 Å². The molecule has 1 saturated heterocycles. The van der Waals surface area contributed by atoms with Crippen LogP contribution in [0.5, 0.6) is 0 Å². The molecule has 0 amide bonds. The summed E-state index contributed by atoms with van der Waals surface area (Å²) in [5.74, 6) is 0. The monoisotopic (exact) mass is 132 g/mol. The SMILES string of the molecule is Cl[C@H]1CCC[C@@H]2O[C@@H]21. The molecule has 1 aliphatic heterocycles. The Hall–Kier alpha value is 0.250. The van der Waals surface area contributed by atoms with Crippen molar-refractivity contribution in [1.82, 2.24) is 0 Å². The minimum absolute atomic E-state index is 0.328. The van der Waals surface area contributed by atoms with Crippen LogP contribution in [-0.4, -0.2) is 17.6 Å². The maximum atomic E-state index is 5.88. The highest BCUT2D eigenvalue weighted by Crippen LogP contribution is 2.39. The van der Waals surface area contributed by atoms with E-state index < -0.39 is 0 Å². The molecule has 8 heavy (non-hydrogen) atoms. The van der Waals surface area contributed by atoms with Gasteiger partial charge in [0.05, 0.1) is 11.5 Å². The van der Waals surface area contributed by atoms with E-state index in [9.17, 15) is 0 Å². The van der Waals surface area contributed by atoms with E-state index in [1.165, 1.54) is 12.8 Å². The van der Waals surface area contributed by atoms with Crippen molar-refractivity contribution in [3.05, 3.63) is 0 Å². The highest BCUT2D eigenvalue weighted by molar-refractivity contribution is 6.21. The van der Waals surface area contributed by atoms with Gasteiger partial charge in [0.15, 0.2) is 0 Å². The molecule has 0 radical (unpaired) electrons. The zero-order valence-electron chi connectivity index (χ0n) is 4.64. The third-order valence-corrected chi connectivity index (χ3v) is 2.41. The van der Waals surface area contributed by atoms with Crippen molar-refractivity contribution >= 4 is 11.6 Å². The molecule has 1 nitrogen and oxygen atoms in total. The van der Waals surface area contributed by atoms with Crippen LogP contribution in [0.2, 0.25) is 0 Å². The molecule has 0 aromatic carbocycles. The van der Waals surface area contributed by atoms with E-state index in [0.717, 1.165) is 6.42 Å². The van der Waals surface area contributed by atoms with Gasteiger partial charge < -0.3 is 4.74 Å². The lowest BCUT2D eigenvalue weighted by atomic mass is 10.0. The molecule has 0 unspecified atom stereocenters. The second kappa shape index (κ2) is 1.61. The molecule has 2 aliphatic rings. The number of halogens is 1. The summed E-state index contributed by atoms with van der Waals surface area (Å²) >= 11 is 5.88. The third-order valence-electron chi connectivity index (χ3n) is 1.95. The molecule has 0 spiro atoms. The van der Waals surface area contributed by atoms with Gasteiger partial charge in [-0.25, -0.2) is 0 Å². The second-order valence-corrected chi connectivity index (χ2v) is 3.15. The Morgan fingerprint density at radius 3 is 2.88 bits per heavy atom. The van der Waals surface area contributed by atoms with Gasteiger partial charge in [-0.2, -0.15) is 0 Å². The summed E-state index contributed by atoms with van der Waals surface area (Å²) in [6.07, 6.45) is 4.64. The zero-order valence-corrected chi connectivity index (χ0v) is 5.40. The van der Waals surface area contributed by atoms with Gasteiger partial charge >= 0.3 is 0 Å². The molecular formula is C6H9ClO. The standard InChI is InChI=1S/C6H9ClO/c7-4-2-1-3-5-6(4)8-5/h4-6H,1-3H2/t4-,5-,6+/m0/s1. The Bertz CT molecular complexity index is 105. The van der Waals surface area contributed by atoms with Gasteiger partial charge in [0.2, 0.25) is 0 Å². The number of ether oxygens (including phenoxy) is 1. The molecule has 2 fully saturated rings. The van der Waals surface area contributed by atoms with Crippen molar-refractivity contribution in [2.24, 2.45) is 0 Å². The van der Waals surface area contributed by atoms with Crippen LogP contribution in [-0.2, 0) is 4.74 Å². The molecule has 0 aromatic heterocycles. The maximum Gasteiger partial charge on any atom is 0.100 e. The van der Waals surface area contributed by atoms with E-state index >= 15 is 0 Å². The van der Waals surface area contributed by atoms with Gasteiger partial charge in [0, 0.05) is 0 Å². The second-order valence-electron chi connectivity index (χ2n) is 2.59. The predicted molar refractivity (Wildman–Crippen MR) is 32.2 cm³/mol. The van der Waals surface area contributed by atoms with E-state index in [4.69, 9.17) is 16.3 Å². The fourth-order valence-corrected chi connectivity index (χ4v) is 1.76. The Labute approximate surface area is 54.0 Å². The Kier molecular flexibility index (Phi) is 1.02.